The SMILES string of the molecule is CC=C1[C@H]2C=C(C)C[C@]1(NC(=O)OC)CC(=O)C21SCCCS1. The van der Waals surface area contributed by atoms with Crippen LogP contribution < -0.4 is 5.32 Å². The van der Waals surface area contributed by atoms with Crippen molar-refractivity contribution >= 4 is 35.4 Å². The maximum Gasteiger partial charge on any atom is 0.407 e. The molecule has 0 aromatic rings. The maximum absolute atomic E-state index is 13.1. The van der Waals surface area contributed by atoms with E-state index < -0.39 is 15.7 Å². The van der Waals surface area contributed by atoms with E-state index in [2.05, 4.69) is 24.4 Å². The third-order valence-corrected chi connectivity index (χ3v) is 8.45. The lowest BCUT2D eigenvalue weighted by Crippen LogP contribution is -2.63. The number of hydrogen-bond donors (Lipinski definition) is 1. The molecular weight excluding hydrogens is 330 g/mol. The minimum atomic E-state index is -0.619. The number of fused-ring (bicyclic) bond motifs is 3. The van der Waals surface area contributed by atoms with Crippen molar-refractivity contribution in [2.24, 2.45) is 5.92 Å². The summed E-state index contributed by atoms with van der Waals surface area (Å²) in [4.78, 5) is 25.1. The number of ketones is 1. The number of nitrogens with one attached hydrogen (secondary N) is 1. The molecule has 1 aliphatic heterocycles. The number of Topliss-reactive ketones (excluding diaryl/α,β-unsaturated/α-hetero) is 1. The maximum atomic E-state index is 13.1. The largest absolute Gasteiger partial charge is 0.453 e. The number of thioether (sulfide) groups is 2. The van der Waals surface area contributed by atoms with Crippen LogP contribution in [0.2, 0.25) is 0 Å². The molecule has 0 aromatic carbocycles. The number of alkyl carbamates (subject to hydrolysis) is 1. The summed E-state index contributed by atoms with van der Waals surface area (Å²) in [6.45, 7) is 4.10. The number of allylic oxidation sites excluding steroid dienone is 2. The van der Waals surface area contributed by atoms with Gasteiger partial charge in [0.25, 0.3) is 0 Å². The van der Waals surface area contributed by atoms with E-state index in [0.717, 1.165) is 23.5 Å². The van der Waals surface area contributed by atoms with Crippen molar-refractivity contribution in [1.29, 1.82) is 0 Å². The second kappa shape index (κ2) is 6.20. The Morgan fingerprint density at radius 3 is 2.70 bits per heavy atom. The fourth-order valence-electron chi connectivity index (χ4n) is 4.11. The van der Waals surface area contributed by atoms with Crippen LogP contribution in [0.4, 0.5) is 4.79 Å². The standard InChI is InChI=1S/C17H23NO3S2/c1-4-12-13-8-11(2)9-16(12,18-15(20)21-3)10-14(19)17(13)22-6-5-7-23-17/h4,8,13H,5-7,9-10H2,1-3H3,(H,18,20)/t13-,16+/m1/s1. The van der Waals surface area contributed by atoms with Gasteiger partial charge >= 0.3 is 6.09 Å². The van der Waals surface area contributed by atoms with Crippen LogP contribution in [0, 0.1) is 5.92 Å². The number of ether oxygens (including phenoxy) is 1. The Balaban J connectivity index is 2.08. The molecule has 2 bridgehead atoms. The molecule has 1 amide bonds. The van der Waals surface area contributed by atoms with Crippen LogP contribution in [0.5, 0.6) is 0 Å². The van der Waals surface area contributed by atoms with Gasteiger partial charge in [-0.3, -0.25) is 4.79 Å². The number of methoxy groups -OCH3 is 1. The van der Waals surface area contributed by atoms with Gasteiger partial charge in [0, 0.05) is 12.3 Å². The summed E-state index contributed by atoms with van der Waals surface area (Å²) >= 11 is 3.58. The van der Waals surface area contributed by atoms with E-state index in [4.69, 9.17) is 4.74 Å². The summed E-state index contributed by atoms with van der Waals surface area (Å²) in [5.74, 6) is 2.35. The first-order valence-corrected chi connectivity index (χ1v) is 9.96. The van der Waals surface area contributed by atoms with E-state index >= 15 is 0 Å². The lowest BCUT2D eigenvalue weighted by molar-refractivity contribution is -0.122. The molecule has 4 nitrogen and oxygen atoms in total. The monoisotopic (exact) mass is 353 g/mol. The summed E-state index contributed by atoms with van der Waals surface area (Å²) in [6.07, 6.45) is 6.04. The van der Waals surface area contributed by atoms with Crippen molar-refractivity contribution in [1.82, 2.24) is 5.32 Å². The summed E-state index contributed by atoms with van der Waals surface area (Å²) in [7, 11) is 1.36. The van der Waals surface area contributed by atoms with Gasteiger partial charge in [-0.1, -0.05) is 17.7 Å². The molecule has 1 heterocycles. The van der Waals surface area contributed by atoms with E-state index in [1.54, 1.807) is 23.5 Å². The highest BCUT2D eigenvalue weighted by molar-refractivity contribution is 8.20. The van der Waals surface area contributed by atoms with Gasteiger partial charge in [0.05, 0.1) is 12.6 Å². The molecule has 0 radical (unpaired) electrons. The smallest absolute Gasteiger partial charge is 0.407 e. The first-order chi connectivity index (χ1) is 11.0. The molecule has 2 fully saturated rings. The van der Waals surface area contributed by atoms with Gasteiger partial charge in [-0.15, -0.1) is 23.5 Å². The van der Waals surface area contributed by atoms with Crippen LogP contribution >= 0.6 is 23.5 Å². The minimum Gasteiger partial charge on any atom is -0.453 e. The molecule has 1 spiro atoms. The Bertz CT molecular complexity index is 593. The number of carbonyl (C=O) groups excluding carboxylic acids is 2. The van der Waals surface area contributed by atoms with Gasteiger partial charge in [0.2, 0.25) is 0 Å². The van der Waals surface area contributed by atoms with Crippen LogP contribution in [-0.2, 0) is 9.53 Å². The molecule has 0 aromatic heterocycles. The zero-order chi connectivity index (χ0) is 16.7. The Morgan fingerprint density at radius 2 is 2.09 bits per heavy atom. The minimum absolute atomic E-state index is 0.0509. The van der Waals surface area contributed by atoms with Gasteiger partial charge in [-0.25, -0.2) is 4.79 Å². The number of amides is 1. The van der Waals surface area contributed by atoms with Crippen LogP contribution in [0.1, 0.15) is 33.1 Å². The zero-order valence-electron chi connectivity index (χ0n) is 13.8. The van der Waals surface area contributed by atoms with Crippen molar-refractivity contribution in [3.8, 4) is 0 Å². The highest BCUT2D eigenvalue weighted by Gasteiger charge is 2.60. The van der Waals surface area contributed by atoms with Crippen LogP contribution in [0.15, 0.2) is 23.3 Å². The molecule has 0 unspecified atom stereocenters. The van der Waals surface area contributed by atoms with Crippen molar-refractivity contribution in [3.05, 3.63) is 23.3 Å². The predicted octanol–water partition coefficient (Wildman–Crippen LogP) is 3.53. The third-order valence-electron chi connectivity index (χ3n) is 4.94. The van der Waals surface area contributed by atoms with E-state index in [1.807, 2.05) is 6.92 Å². The summed E-state index contributed by atoms with van der Waals surface area (Å²) in [5.41, 5.74) is 1.78. The van der Waals surface area contributed by atoms with Crippen molar-refractivity contribution in [3.63, 3.8) is 0 Å². The van der Waals surface area contributed by atoms with Crippen LogP contribution in [-0.4, -0.2) is 40.1 Å². The Morgan fingerprint density at radius 1 is 1.39 bits per heavy atom. The lowest BCUT2D eigenvalue weighted by Gasteiger charge is -2.54. The topological polar surface area (TPSA) is 55.4 Å². The van der Waals surface area contributed by atoms with Crippen LogP contribution in [0.25, 0.3) is 0 Å². The predicted molar refractivity (Wildman–Crippen MR) is 95.8 cm³/mol. The summed E-state index contributed by atoms with van der Waals surface area (Å²) < 4.78 is 4.41. The molecule has 1 saturated carbocycles. The molecule has 126 valence electrons. The van der Waals surface area contributed by atoms with E-state index in [-0.39, 0.29) is 11.7 Å². The number of hydrogen-bond acceptors (Lipinski definition) is 5. The molecule has 3 rings (SSSR count). The second-order valence-corrected chi connectivity index (χ2v) is 9.37. The van der Waals surface area contributed by atoms with Crippen molar-refractivity contribution < 1.29 is 14.3 Å². The zero-order valence-corrected chi connectivity index (χ0v) is 15.4. The molecule has 6 heteroatoms. The Kier molecular flexibility index (Phi) is 4.58. The van der Waals surface area contributed by atoms with Crippen molar-refractivity contribution in [2.75, 3.05) is 18.6 Å². The molecule has 23 heavy (non-hydrogen) atoms. The Hall–Kier alpha value is -0.880. The third kappa shape index (κ3) is 2.64. The fraction of sp³-hybridized carbons (Fsp3) is 0.647. The summed E-state index contributed by atoms with van der Waals surface area (Å²) in [6, 6.07) is 0. The average molecular weight is 354 g/mol. The quantitative estimate of drug-likeness (QED) is 0.731. The van der Waals surface area contributed by atoms with Gasteiger partial charge < -0.3 is 10.1 Å². The van der Waals surface area contributed by atoms with Gasteiger partial charge in [-0.2, -0.15) is 0 Å². The summed E-state index contributed by atoms with van der Waals surface area (Å²) in [5, 5.41) is 2.99. The Labute approximate surface area is 145 Å². The number of carbonyl (C=O) groups is 2. The molecule has 2 aliphatic carbocycles. The molecule has 3 aliphatic rings. The first-order valence-electron chi connectivity index (χ1n) is 7.99. The molecule has 1 saturated heterocycles. The lowest BCUT2D eigenvalue weighted by atomic mass is 9.63. The molecule has 1 N–H and O–H groups in total. The molecule has 2 atom stereocenters. The van der Waals surface area contributed by atoms with Gasteiger partial charge in [-0.05, 0) is 43.8 Å². The molecular formula is C17H23NO3S2. The van der Waals surface area contributed by atoms with Crippen LogP contribution in [0.3, 0.4) is 0 Å². The van der Waals surface area contributed by atoms with Crippen molar-refractivity contribution in [2.45, 2.75) is 42.7 Å². The highest BCUT2D eigenvalue weighted by atomic mass is 32.2. The average Bonchev–Trinajstić information content (AvgIpc) is 2.53. The normalized spacial score (nSPS) is 34.2. The first kappa shape index (κ1) is 17.0. The number of rotatable bonds is 1. The van der Waals surface area contributed by atoms with Gasteiger partial charge in [0.1, 0.15) is 4.08 Å². The van der Waals surface area contributed by atoms with E-state index in [0.29, 0.717) is 12.8 Å². The highest BCUT2D eigenvalue weighted by Crippen LogP contribution is 2.59. The van der Waals surface area contributed by atoms with Gasteiger partial charge in [0.15, 0.2) is 5.78 Å². The second-order valence-electron chi connectivity index (χ2n) is 6.43. The van der Waals surface area contributed by atoms with E-state index in [9.17, 15) is 9.59 Å². The van der Waals surface area contributed by atoms with E-state index in [1.165, 1.54) is 12.7 Å². The fourth-order valence-corrected chi connectivity index (χ4v) is 7.53.